The van der Waals surface area contributed by atoms with Crippen LogP contribution in [0.4, 0.5) is 0 Å². The number of carbonyl (C=O) groups is 1. The van der Waals surface area contributed by atoms with E-state index < -0.39 is 0 Å². The molecule has 2 atom stereocenters. The van der Waals surface area contributed by atoms with Crippen molar-refractivity contribution in [3.63, 3.8) is 0 Å². The molecule has 6 nitrogen and oxygen atoms in total. The Kier molecular flexibility index (Phi) is 4.64. The number of hydrogen-bond acceptors (Lipinski definition) is 4. The Balaban J connectivity index is 1.52. The molecule has 1 fully saturated rings. The number of aromatic nitrogens is 2. The normalized spacial score (nSPS) is 20.0. The summed E-state index contributed by atoms with van der Waals surface area (Å²) in [7, 11) is 1.69. The van der Waals surface area contributed by atoms with E-state index >= 15 is 0 Å². The van der Waals surface area contributed by atoms with Crippen molar-refractivity contribution in [1.82, 2.24) is 15.5 Å². The van der Waals surface area contributed by atoms with Crippen LogP contribution in [0.1, 0.15) is 59.0 Å². The van der Waals surface area contributed by atoms with Crippen molar-refractivity contribution in [3.05, 3.63) is 47.0 Å². The number of nitrogens with zero attached hydrogens (tertiary/aromatic N) is 1. The molecule has 6 heteroatoms. The fourth-order valence-electron chi connectivity index (χ4n) is 4.25. The Morgan fingerprint density at radius 2 is 2.19 bits per heavy atom. The third kappa shape index (κ3) is 3.31. The number of hydrogen-bond donors (Lipinski definition) is 2. The van der Waals surface area contributed by atoms with Crippen LogP contribution in [0.15, 0.2) is 28.9 Å². The zero-order chi connectivity index (χ0) is 19.0. The fourth-order valence-corrected chi connectivity index (χ4v) is 4.25. The Hall–Kier alpha value is -2.76. The maximum atomic E-state index is 12.7. The van der Waals surface area contributed by atoms with Gasteiger partial charge in [-0.15, -0.1) is 0 Å². The highest BCUT2D eigenvalue weighted by Gasteiger charge is 2.28. The average Bonchev–Trinajstić information content (AvgIpc) is 3.24. The van der Waals surface area contributed by atoms with Gasteiger partial charge in [0.2, 0.25) is 0 Å². The number of carbonyl (C=O) groups excluding carboxylic acids is 1. The zero-order valence-corrected chi connectivity index (χ0v) is 16.0. The first kappa shape index (κ1) is 17.6. The average molecular weight is 367 g/mol. The molecule has 2 N–H and O–H groups in total. The third-order valence-corrected chi connectivity index (χ3v) is 5.63. The van der Waals surface area contributed by atoms with Crippen molar-refractivity contribution in [2.75, 3.05) is 7.11 Å². The first-order chi connectivity index (χ1) is 13.1. The molecule has 3 aromatic rings. The molecular formula is C21H25N3O3. The van der Waals surface area contributed by atoms with Gasteiger partial charge in [0.15, 0.2) is 0 Å². The number of aromatic amines is 1. The Morgan fingerprint density at radius 3 is 2.93 bits per heavy atom. The lowest BCUT2D eigenvalue weighted by molar-refractivity contribution is 0.0923. The Labute approximate surface area is 158 Å². The summed E-state index contributed by atoms with van der Waals surface area (Å²) in [6.07, 6.45) is 6.25. The van der Waals surface area contributed by atoms with E-state index in [0.29, 0.717) is 22.9 Å². The molecule has 1 aliphatic rings. The number of amides is 1. The lowest BCUT2D eigenvalue weighted by atomic mass is 9.81. The van der Waals surface area contributed by atoms with Gasteiger partial charge in [0.05, 0.1) is 12.8 Å². The monoisotopic (exact) mass is 367 g/mol. The van der Waals surface area contributed by atoms with Crippen LogP contribution >= 0.6 is 0 Å². The molecule has 0 aliphatic heterocycles. The van der Waals surface area contributed by atoms with E-state index in [1.54, 1.807) is 21.0 Å². The van der Waals surface area contributed by atoms with Crippen molar-refractivity contribution in [2.24, 2.45) is 0 Å². The molecule has 0 unspecified atom stereocenters. The second-order valence-electron chi connectivity index (χ2n) is 7.39. The van der Waals surface area contributed by atoms with Gasteiger partial charge in [-0.2, -0.15) is 0 Å². The van der Waals surface area contributed by atoms with E-state index in [2.05, 4.69) is 33.8 Å². The molecule has 1 aromatic carbocycles. The molecule has 2 heterocycles. The van der Waals surface area contributed by atoms with Gasteiger partial charge in [-0.05, 0) is 62.8 Å². The number of rotatable bonds is 4. The minimum absolute atomic E-state index is 0.0857. The Bertz CT molecular complexity index is 953. The Morgan fingerprint density at radius 1 is 1.33 bits per heavy atom. The van der Waals surface area contributed by atoms with Crippen molar-refractivity contribution >= 4 is 16.8 Å². The van der Waals surface area contributed by atoms with Crippen LogP contribution in [0.5, 0.6) is 5.75 Å². The highest BCUT2D eigenvalue weighted by atomic mass is 16.5. The second kappa shape index (κ2) is 7.10. The summed E-state index contributed by atoms with van der Waals surface area (Å²) < 4.78 is 10.5. The summed E-state index contributed by atoms with van der Waals surface area (Å²) in [5.74, 6) is 1.76. The molecule has 142 valence electrons. The highest BCUT2D eigenvalue weighted by molar-refractivity contribution is 5.96. The standard InChI is InChI=1S/C21H25N3O3/c1-12-20(13(2)27-24-12)21(25)23-15-6-4-5-14(9-15)18-11-22-19-8-7-16(26-3)10-17(18)19/h7-8,10-11,14-15,22H,4-6,9H2,1-3H3,(H,23,25)/t14-,15+/m1/s1. The van der Waals surface area contributed by atoms with E-state index in [1.807, 2.05) is 6.07 Å². The van der Waals surface area contributed by atoms with E-state index in [-0.39, 0.29) is 11.9 Å². The van der Waals surface area contributed by atoms with Crippen LogP contribution in [0.3, 0.4) is 0 Å². The van der Waals surface area contributed by atoms with Crippen molar-refractivity contribution < 1.29 is 14.1 Å². The summed E-state index contributed by atoms with van der Waals surface area (Å²) >= 11 is 0. The molecule has 0 saturated heterocycles. The molecule has 1 saturated carbocycles. The topological polar surface area (TPSA) is 80.1 Å². The number of nitrogens with one attached hydrogen (secondary N) is 2. The van der Waals surface area contributed by atoms with Crippen LogP contribution in [0, 0.1) is 13.8 Å². The molecule has 4 rings (SSSR count). The van der Waals surface area contributed by atoms with Gasteiger partial charge in [-0.1, -0.05) is 11.6 Å². The number of aryl methyl sites for hydroxylation is 2. The summed E-state index contributed by atoms with van der Waals surface area (Å²) in [5, 5.41) is 8.28. The molecule has 0 bridgehead atoms. The molecule has 1 amide bonds. The lowest BCUT2D eigenvalue weighted by Gasteiger charge is -2.29. The lowest BCUT2D eigenvalue weighted by Crippen LogP contribution is -2.38. The van der Waals surface area contributed by atoms with Crippen LogP contribution in [0.2, 0.25) is 0 Å². The number of benzene rings is 1. The number of H-pyrrole nitrogens is 1. The minimum Gasteiger partial charge on any atom is -0.497 e. The van der Waals surface area contributed by atoms with Crippen LogP contribution < -0.4 is 10.1 Å². The fraction of sp³-hybridized carbons (Fsp3) is 0.429. The van der Waals surface area contributed by atoms with E-state index in [9.17, 15) is 4.79 Å². The second-order valence-corrected chi connectivity index (χ2v) is 7.39. The predicted molar refractivity (Wildman–Crippen MR) is 103 cm³/mol. The van der Waals surface area contributed by atoms with Gasteiger partial charge in [0, 0.05) is 23.1 Å². The van der Waals surface area contributed by atoms with Crippen molar-refractivity contribution in [2.45, 2.75) is 51.5 Å². The summed E-state index contributed by atoms with van der Waals surface area (Å²) in [4.78, 5) is 16.0. The first-order valence-electron chi connectivity index (χ1n) is 9.45. The highest BCUT2D eigenvalue weighted by Crippen LogP contribution is 2.37. The van der Waals surface area contributed by atoms with E-state index in [4.69, 9.17) is 9.26 Å². The molecular weight excluding hydrogens is 342 g/mol. The predicted octanol–water partition coefficient (Wildman–Crippen LogP) is 4.24. The summed E-state index contributed by atoms with van der Waals surface area (Å²) in [5.41, 5.74) is 3.63. The molecule has 0 spiro atoms. The number of methoxy groups -OCH3 is 1. The van der Waals surface area contributed by atoms with E-state index in [0.717, 1.165) is 36.9 Å². The van der Waals surface area contributed by atoms with Crippen LogP contribution in [-0.4, -0.2) is 29.2 Å². The smallest absolute Gasteiger partial charge is 0.257 e. The van der Waals surface area contributed by atoms with Gasteiger partial charge in [-0.3, -0.25) is 4.79 Å². The summed E-state index contributed by atoms with van der Waals surface area (Å²) in [6.45, 7) is 3.58. The molecule has 27 heavy (non-hydrogen) atoms. The first-order valence-corrected chi connectivity index (χ1v) is 9.45. The molecule has 2 aromatic heterocycles. The van der Waals surface area contributed by atoms with Crippen LogP contribution in [0.25, 0.3) is 10.9 Å². The van der Waals surface area contributed by atoms with Gasteiger partial charge in [-0.25, -0.2) is 0 Å². The maximum absolute atomic E-state index is 12.7. The largest absolute Gasteiger partial charge is 0.497 e. The van der Waals surface area contributed by atoms with Crippen LogP contribution in [-0.2, 0) is 0 Å². The third-order valence-electron chi connectivity index (χ3n) is 5.63. The SMILES string of the molecule is COc1ccc2[nH]cc([C@@H]3CCC[C@H](NC(=O)c4c(C)noc4C)C3)c2c1. The molecule has 1 aliphatic carbocycles. The van der Waals surface area contributed by atoms with E-state index in [1.165, 1.54) is 10.9 Å². The van der Waals surface area contributed by atoms with Gasteiger partial charge < -0.3 is 19.6 Å². The number of ether oxygens (including phenoxy) is 1. The number of fused-ring (bicyclic) bond motifs is 1. The van der Waals surface area contributed by atoms with Gasteiger partial charge in [0.25, 0.3) is 5.91 Å². The van der Waals surface area contributed by atoms with Gasteiger partial charge in [0.1, 0.15) is 17.1 Å². The maximum Gasteiger partial charge on any atom is 0.257 e. The summed E-state index contributed by atoms with van der Waals surface area (Å²) in [6, 6.07) is 6.26. The van der Waals surface area contributed by atoms with Crippen molar-refractivity contribution in [3.8, 4) is 5.75 Å². The van der Waals surface area contributed by atoms with Gasteiger partial charge >= 0.3 is 0 Å². The quantitative estimate of drug-likeness (QED) is 0.723. The zero-order valence-electron chi connectivity index (χ0n) is 16.0. The van der Waals surface area contributed by atoms with Crippen molar-refractivity contribution in [1.29, 1.82) is 0 Å². The minimum atomic E-state index is -0.0857. The molecule has 0 radical (unpaired) electrons.